The van der Waals surface area contributed by atoms with Crippen molar-refractivity contribution in [2.24, 2.45) is 0 Å². The maximum absolute atomic E-state index is 12.1. The van der Waals surface area contributed by atoms with Crippen LogP contribution in [0.1, 0.15) is 30.1 Å². The van der Waals surface area contributed by atoms with E-state index >= 15 is 0 Å². The molecule has 0 bridgehead atoms. The van der Waals surface area contributed by atoms with Gasteiger partial charge in [0, 0.05) is 19.3 Å². The lowest BCUT2D eigenvalue weighted by molar-refractivity contribution is 0.0942. The van der Waals surface area contributed by atoms with E-state index in [2.05, 4.69) is 0 Å². The van der Waals surface area contributed by atoms with Gasteiger partial charge < -0.3 is 4.74 Å². The molecule has 1 atom stereocenters. The van der Waals surface area contributed by atoms with Gasteiger partial charge in [-0.25, -0.2) is 0 Å². The Kier molecular flexibility index (Phi) is 3.19. The number of carbonyl (C=O) groups excluding carboxylic acids is 1. The maximum atomic E-state index is 12.1. The van der Waals surface area contributed by atoms with E-state index in [-0.39, 0.29) is 4.75 Å². The molecule has 0 aromatic carbocycles. The molecule has 0 fully saturated rings. The summed E-state index contributed by atoms with van der Waals surface area (Å²) in [6.45, 7) is 2.78. The average molecular weight is 242 g/mol. The number of ketones is 1. The van der Waals surface area contributed by atoms with Crippen LogP contribution in [0.15, 0.2) is 15.7 Å². The zero-order valence-corrected chi connectivity index (χ0v) is 10.5. The van der Waals surface area contributed by atoms with Crippen molar-refractivity contribution in [2.75, 3.05) is 13.7 Å². The lowest BCUT2D eigenvalue weighted by atomic mass is 9.96. The van der Waals surface area contributed by atoms with Crippen LogP contribution in [0.2, 0.25) is 0 Å². The highest BCUT2D eigenvalue weighted by atomic mass is 32.2. The number of Topliss-reactive ketones (excluding diaryl/α,β-unsaturated/α-hetero) is 1. The zero-order valence-electron chi connectivity index (χ0n) is 8.91. The van der Waals surface area contributed by atoms with Crippen LogP contribution in [-0.4, -0.2) is 24.2 Å². The van der Waals surface area contributed by atoms with Crippen molar-refractivity contribution in [1.29, 1.82) is 0 Å². The van der Waals surface area contributed by atoms with Gasteiger partial charge in [-0.2, -0.15) is 0 Å². The molecule has 2 nitrogen and oxygen atoms in total. The van der Waals surface area contributed by atoms with Crippen LogP contribution in [0.5, 0.6) is 0 Å². The lowest BCUT2D eigenvalue weighted by Crippen LogP contribution is -2.27. The summed E-state index contributed by atoms with van der Waals surface area (Å²) in [4.78, 5) is 12.1. The van der Waals surface area contributed by atoms with Gasteiger partial charge >= 0.3 is 0 Å². The van der Waals surface area contributed by atoms with E-state index in [0.717, 1.165) is 25.0 Å². The van der Waals surface area contributed by atoms with Crippen LogP contribution >= 0.6 is 23.1 Å². The fraction of sp³-hybridized carbons (Fsp3) is 0.545. The van der Waals surface area contributed by atoms with E-state index in [1.165, 1.54) is 4.21 Å². The summed E-state index contributed by atoms with van der Waals surface area (Å²) in [7, 11) is 1.70. The first-order chi connectivity index (χ1) is 7.17. The Morgan fingerprint density at radius 3 is 3.00 bits per heavy atom. The van der Waals surface area contributed by atoms with Crippen LogP contribution < -0.4 is 0 Å². The normalized spacial score (nSPS) is 24.5. The van der Waals surface area contributed by atoms with Gasteiger partial charge in [-0.1, -0.05) is 11.8 Å². The third-order valence-electron chi connectivity index (χ3n) is 2.67. The number of carbonyl (C=O) groups is 1. The molecule has 0 N–H and O–H groups in total. The van der Waals surface area contributed by atoms with Crippen LogP contribution in [0, 0.1) is 0 Å². The summed E-state index contributed by atoms with van der Waals surface area (Å²) < 4.78 is 5.95. The van der Waals surface area contributed by atoms with Gasteiger partial charge in [0.25, 0.3) is 0 Å². The van der Waals surface area contributed by atoms with Gasteiger partial charge in [-0.05, 0) is 31.2 Å². The van der Waals surface area contributed by atoms with E-state index in [9.17, 15) is 4.79 Å². The molecule has 2 rings (SSSR count). The van der Waals surface area contributed by atoms with Gasteiger partial charge in [0.2, 0.25) is 0 Å². The maximum Gasteiger partial charge on any atom is 0.180 e. The first-order valence-corrected chi connectivity index (χ1v) is 6.67. The van der Waals surface area contributed by atoms with Crippen molar-refractivity contribution in [2.45, 2.75) is 28.7 Å². The van der Waals surface area contributed by atoms with Gasteiger partial charge in [0.1, 0.15) is 0 Å². The van der Waals surface area contributed by atoms with E-state index in [4.69, 9.17) is 4.74 Å². The molecule has 1 aromatic rings. The first kappa shape index (κ1) is 11.2. The second-order valence-electron chi connectivity index (χ2n) is 3.88. The van der Waals surface area contributed by atoms with Crippen LogP contribution in [0.3, 0.4) is 0 Å². The summed E-state index contributed by atoms with van der Waals surface area (Å²) in [6.07, 6.45) is 1.84. The first-order valence-electron chi connectivity index (χ1n) is 4.97. The fourth-order valence-corrected chi connectivity index (χ4v) is 4.45. The van der Waals surface area contributed by atoms with E-state index in [0.29, 0.717) is 5.78 Å². The van der Waals surface area contributed by atoms with Gasteiger partial charge in [0.15, 0.2) is 5.78 Å². The fourth-order valence-electron chi connectivity index (χ4n) is 1.80. The van der Waals surface area contributed by atoms with Crippen LogP contribution in [-0.2, 0) is 4.74 Å². The Labute approximate surface area is 98.0 Å². The second-order valence-corrected chi connectivity index (χ2v) is 6.57. The quantitative estimate of drug-likeness (QED) is 0.758. The third-order valence-corrected chi connectivity index (χ3v) is 5.17. The van der Waals surface area contributed by atoms with Crippen molar-refractivity contribution in [1.82, 2.24) is 0 Å². The van der Waals surface area contributed by atoms with E-state index < -0.39 is 0 Å². The molecular formula is C11H14O2S2. The number of thioether (sulfide) groups is 1. The molecule has 0 saturated heterocycles. The number of rotatable bonds is 4. The van der Waals surface area contributed by atoms with E-state index in [1.807, 2.05) is 18.4 Å². The Hall–Kier alpha value is -0.320. The summed E-state index contributed by atoms with van der Waals surface area (Å²) in [5.41, 5.74) is 0.921. The van der Waals surface area contributed by atoms with Crippen molar-refractivity contribution in [3.63, 3.8) is 0 Å². The molecule has 82 valence electrons. The zero-order chi connectivity index (χ0) is 10.9. The minimum absolute atomic E-state index is 0.249. The Morgan fingerprint density at radius 2 is 2.33 bits per heavy atom. The monoisotopic (exact) mass is 242 g/mol. The molecule has 1 aromatic heterocycles. The number of fused-ring (bicyclic) bond motifs is 1. The highest BCUT2D eigenvalue weighted by molar-refractivity contribution is 8.03. The molecule has 4 heteroatoms. The number of hydrogen-bond acceptors (Lipinski definition) is 4. The molecule has 0 radical (unpaired) electrons. The Bertz CT molecular complexity index is 372. The summed E-state index contributed by atoms with van der Waals surface area (Å²) >= 11 is 3.39. The largest absolute Gasteiger partial charge is 0.385 e. The van der Waals surface area contributed by atoms with Crippen molar-refractivity contribution in [3.8, 4) is 0 Å². The second kappa shape index (κ2) is 4.28. The predicted molar refractivity (Wildman–Crippen MR) is 64.0 cm³/mol. The summed E-state index contributed by atoms with van der Waals surface area (Å²) in [5, 5.41) is 1.99. The molecular weight excluding hydrogens is 228 g/mol. The summed E-state index contributed by atoms with van der Waals surface area (Å²) in [6, 6.07) is 1.94. The lowest BCUT2D eigenvalue weighted by Gasteiger charge is -2.20. The topological polar surface area (TPSA) is 26.3 Å². The Balaban J connectivity index is 2.07. The van der Waals surface area contributed by atoms with Gasteiger partial charge in [0.05, 0.1) is 8.96 Å². The smallest absolute Gasteiger partial charge is 0.180 e. The molecule has 0 spiro atoms. The number of ether oxygens (including phenoxy) is 1. The average Bonchev–Trinajstić information content (AvgIpc) is 2.72. The summed E-state index contributed by atoms with van der Waals surface area (Å²) in [5.74, 6) is 0.292. The Morgan fingerprint density at radius 1 is 1.53 bits per heavy atom. The number of hydrogen-bond donors (Lipinski definition) is 0. The number of methoxy groups -OCH3 is 1. The molecule has 1 aliphatic heterocycles. The minimum atomic E-state index is -0.249. The van der Waals surface area contributed by atoms with E-state index in [1.54, 1.807) is 30.2 Å². The molecule has 15 heavy (non-hydrogen) atoms. The van der Waals surface area contributed by atoms with Crippen LogP contribution in [0.25, 0.3) is 0 Å². The SMILES string of the molecule is COCCCC1(C)Sc2sccc2C1=O. The highest BCUT2D eigenvalue weighted by Gasteiger charge is 2.42. The molecule has 0 amide bonds. The molecule has 0 saturated carbocycles. The van der Waals surface area contributed by atoms with Crippen molar-refractivity contribution < 1.29 is 9.53 Å². The predicted octanol–water partition coefficient (Wildman–Crippen LogP) is 3.22. The van der Waals surface area contributed by atoms with Crippen molar-refractivity contribution >= 4 is 28.9 Å². The number of thiophene rings is 1. The standard InChI is InChI=1S/C11H14O2S2/c1-11(5-3-6-13-2)9(12)8-4-7-14-10(8)15-11/h4,7H,3,5-6H2,1-2H3. The molecule has 0 aliphatic carbocycles. The molecule has 1 unspecified atom stereocenters. The van der Waals surface area contributed by atoms with Crippen LogP contribution in [0.4, 0.5) is 0 Å². The molecule has 2 heterocycles. The molecule has 1 aliphatic rings. The van der Waals surface area contributed by atoms with Gasteiger partial charge in [-0.3, -0.25) is 4.79 Å². The van der Waals surface area contributed by atoms with Crippen molar-refractivity contribution in [3.05, 3.63) is 17.0 Å². The van der Waals surface area contributed by atoms with Gasteiger partial charge in [-0.15, -0.1) is 11.3 Å². The third kappa shape index (κ3) is 1.98. The highest BCUT2D eigenvalue weighted by Crippen LogP contribution is 2.49. The minimum Gasteiger partial charge on any atom is -0.385 e.